The molecule has 2 N–H and O–H groups in total. The Morgan fingerprint density at radius 2 is 1.88 bits per heavy atom. The number of hydrogen-bond acceptors (Lipinski definition) is 3. The highest BCUT2D eigenvalue weighted by Gasteiger charge is 2.14. The van der Waals surface area contributed by atoms with Crippen LogP contribution in [0.15, 0.2) is 48.5 Å². The van der Waals surface area contributed by atoms with Crippen molar-refractivity contribution in [2.24, 2.45) is 5.73 Å². The SMILES string of the molecule is CC(CN)N(C)C(=O)Cc1cccc(OCc2cccc(Cl)c2)c1.Cl. The van der Waals surface area contributed by atoms with E-state index < -0.39 is 0 Å². The van der Waals surface area contributed by atoms with Crippen molar-refractivity contribution in [3.8, 4) is 5.75 Å². The van der Waals surface area contributed by atoms with Gasteiger partial charge in [0.25, 0.3) is 0 Å². The molecular formula is C19H24Cl2N2O2. The number of carbonyl (C=O) groups is 1. The number of nitrogens with two attached hydrogens (primary N) is 1. The fourth-order valence-corrected chi connectivity index (χ4v) is 2.45. The predicted molar refractivity (Wildman–Crippen MR) is 104 cm³/mol. The van der Waals surface area contributed by atoms with Crippen molar-refractivity contribution in [2.45, 2.75) is 26.0 Å². The van der Waals surface area contributed by atoms with Crippen LogP contribution in [0.25, 0.3) is 0 Å². The summed E-state index contributed by atoms with van der Waals surface area (Å²) in [7, 11) is 1.78. The van der Waals surface area contributed by atoms with Crippen LogP contribution in [-0.2, 0) is 17.8 Å². The summed E-state index contributed by atoms with van der Waals surface area (Å²) in [4.78, 5) is 13.9. The van der Waals surface area contributed by atoms with Gasteiger partial charge in [0.15, 0.2) is 0 Å². The summed E-state index contributed by atoms with van der Waals surface area (Å²) in [6.07, 6.45) is 0.329. The zero-order valence-corrected chi connectivity index (χ0v) is 16.0. The second-order valence-electron chi connectivity index (χ2n) is 5.83. The Labute approximate surface area is 160 Å². The molecule has 2 aromatic carbocycles. The number of ether oxygens (including phenoxy) is 1. The third-order valence-electron chi connectivity index (χ3n) is 3.94. The highest BCUT2D eigenvalue weighted by atomic mass is 35.5. The molecule has 0 fully saturated rings. The molecule has 2 rings (SSSR count). The van der Waals surface area contributed by atoms with Gasteiger partial charge in [-0.25, -0.2) is 0 Å². The third-order valence-corrected chi connectivity index (χ3v) is 4.18. The molecule has 25 heavy (non-hydrogen) atoms. The summed E-state index contributed by atoms with van der Waals surface area (Å²) in [5.41, 5.74) is 7.53. The predicted octanol–water partition coefficient (Wildman–Crippen LogP) is 3.69. The summed E-state index contributed by atoms with van der Waals surface area (Å²) in [6.45, 7) is 2.82. The quantitative estimate of drug-likeness (QED) is 0.794. The van der Waals surface area contributed by atoms with Crippen molar-refractivity contribution in [3.05, 3.63) is 64.7 Å². The zero-order valence-electron chi connectivity index (χ0n) is 14.4. The number of amides is 1. The highest BCUT2D eigenvalue weighted by Crippen LogP contribution is 2.18. The summed E-state index contributed by atoms with van der Waals surface area (Å²) in [6, 6.07) is 15.2. The van der Waals surface area contributed by atoms with E-state index in [1.165, 1.54) is 0 Å². The number of hydrogen-bond donors (Lipinski definition) is 1. The van der Waals surface area contributed by atoms with E-state index in [-0.39, 0.29) is 24.4 Å². The van der Waals surface area contributed by atoms with Gasteiger partial charge in [0.05, 0.1) is 6.42 Å². The van der Waals surface area contributed by atoms with Crippen molar-refractivity contribution >= 4 is 29.9 Å². The molecule has 0 saturated heterocycles. The van der Waals surface area contributed by atoms with Gasteiger partial charge in [0, 0.05) is 24.7 Å². The van der Waals surface area contributed by atoms with Crippen LogP contribution < -0.4 is 10.5 Å². The summed E-state index contributed by atoms with van der Waals surface area (Å²) in [5, 5.41) is 0.688. The molecule has 1 unspecified atom stereocenters. The van der Waals surface area contributed by atoms with Crippen LogP contribution in [-0.4, -0.2) is 30.4 Å². The van der Waals surface area contributed by atoms with E-state index in [2.05, 4.69) is 0 Å². The topological polar surface area (TPSA) is 55.6 Å². The van der Waals surface area contributed by atoms with Gasteiger partial charge in [0.2, 0.25) is 5.91 Å². The zero-order chi connectivity index (χ0) is 17.5. The lowest BCUT2D eigenvalue weighted by Gasteiger charge is -2.23. The monoisotopic (exact) mass is 382 g/mol. The normalized spacial score (nSPS) is 11.4. The van der Waals surface area contributed by atoms with Crippen molar-refractivity contribution in [1.82, 2.24) is 4.90 Å². The average molecular weight is 383 g/mol. The minimum atomic E-state index is 0. The molecule has 0 aliphatic carbocycles. The number of halogens is 2. The lowest BCUT2D eigenvalue weighted by molar-refractivity contribution is -0.130. The Kier molecular flexibility index (Phi) is 8.76. The van der Waals surface area contributed by atoms with Crippen LogP contribution in [0.4, 0.5) is 0 Å². The molecule has 136 valence electrons. The van der Waals surface area contributed by atoms with Crippen molar-refractivity contribution in [3.63, 3.8) is 0 Å². The van der Waals surface area contributed by atoms with E-state index in [0.717, 1.165) is 16.9 Å². The standard InChI is InChI=1S/C19H23ClN2O2.ClH/c1-14(12-21)22(2)19(23)11-15-5-4-8-18(10-15)24-13-16-6-3-7-17(20)9-16;/h3-10,14H,11-13,21H2,1-2H3;1H. The maximum Gasteiger partial charge on any atom is 0.227 e. The first-order valence-electron chi connectivity index (χ1n) is 7.91. The Balaban J connectivity index is 0.00000312. The smallest absolute Gasteiger partial charge is 0.227 e. The molecule has 2 aromatic rings. The number of carbonyl (C=O) groups excluding carboxylic acids is 1. The maximum absolute atomic E-state index is 12.3. The lowest BCUT2D eigenvalue weighted by atomic mass is 10.1. The number of likely N-dealkylation sites (N-methyl/N-ethyl adjacent to an activating group) is 1. The third kappa shape index (κ3) is 6.58. The molecule has 0 aliphatic rings. The van der Waals surface area contributed by atoms with Crippen LogP contribution in [0, 0.1) is 0 Å². The number of benzene rings is 2. The largest absolute Gasteiger partial charge is 0.489 e. The highest BCUT2D eigenvalue weighted by molar-refractivity contribution is 6.30. The molecule has 0 heterocycles. The second-order valence-corrected chi connectivity index (χ2v) is 6.27. The van der Waals surface area contributed by atoms with E-state index in [4.69, 9.17) is 22.1 Å². The van der Waals surface area contributed by atoms with E-state index in [1.807, 2.05) is 55.5 Å². The summed E-state index contributed by atoms with van der Waals surface area (Å²) >= 11 is 5.97. The Morgan fingerprint density at radius 3 is 2.56 bits per heavy atom. The molecule has 6 heteroatoms. The second kappa shape index (κ2) is 10.3. The first kappa shape index (κ1) is 21.3. The molecule has 0 spiro atoms. The van der Waals surface area contributed by atoms with Gasteiger partial charge in [-0.2, -0.15) is 0 Å². The van der Waals surface area contributed by atoms with Crippen LogP contribution in [0.2, 0.25) is 5.02 Å². The van der Waals surface area contributed by atoms with Crippen LogP contribution >= 0.6 is 24.0 Å². The van der Waals surface area contributed by atoms with Gasteiger partial charge in [-0.1, -0.05) is 35.9 Å². The number of rotatable bonds is 7. The van der Waals surface area contributed by atoms with Gasteiger partial charge in [-0.3, -0.25) is 4.79 Å². The van der Waals surface area contributed by atoms with Gasteiger partial charge >= 0.3 is 0 Å². The molecule has 0 aromatic heterocycles. The Morgan fingerprint density at radius 1 is 1.20 bits per heavy atom. The minimum Gasteiger partial charge on any atom is -0.489 e. The lowest BCUT2D eigenvalue weighted by Crippen LogP contribution is -2.40. The van der Waals surface area contributed by atoms with E-state index >= 15 is 0 Å². The summed E-state index contributed by atoms with van der Waals surface area (Å²) in [5.74, 6) is 0.773. The van der Waals surface area contributed by atoms with E-state index in [0.29, 0.717) is 24.6 Å². The first-order chi connectivity index (χ1) is 11.5. The van der Waals surface area contributed by atoms with Crippen molar-refractivity contribution in [1.29, 1.82) is 0 Å². The summed E-state index contributed by atoms with van der Waals surface area (Å²) < 4.78 is 5.79. The van der Waals surface area contributed by atoms with Crippen molar-refractivity contribution < 1.29 is 9.53 Å². The molecule has 1 amide bonds. The molecule has 0 saturated carbocycles. The van der Waals surface area contributed by atoms with E-state index in [9.17, 15) is 4.79 Å². The van der Waals surface area contributed by atoms with Crippen LogP contribution in [0.5, 0.6) is 5.75 Å². The average Bonchev–Trinajstić information content (AvgIpc) is 2.59. The molecule has 1 atom stereocenters. The fourth-order valence-electron chi connectivity index (χ4n) is 2.24. The molecule has 0 bridgehead atoms. The molecule has 0 radical (unpaired) electrons. The Hall–Kier alpha value is -1.75. The van der Waals surface area contributed by atoms with Gasteiger partial charge in [0.1, 0.15) is 12.4 Å². The minimum absolute atomic E-state index is 0. The maximum atomic E-state index is 12.3. The van der Waals surface area contributed by atoms with Crippen molar-refractivity contribution in [2.75, 3.05) is 13.6 Å². The van der Waals surface area contributed by atoms with Gasteiger partial charge in [-0.05, 0) is 42.3 Å². The van der Waals surface area contributed by atoms with Crippen LogP contribution in [0.3, 0.4) is 0 Å². The first-order valence-corrected chi connectivity index (χ1v) is 8.29. The van der Waals surface area contributed by atoms with Gasteiger partial charge < -0.3 is 15.4 Å². The molecule has 0 aliphatic heterocycles. The number of nitrogens with zero attached hydrogens (tertiary/aromatic N) is 1. The Bertz CT molecular complexity index is 695. The van der Waals surface area contributed by atoms with Crippen LogP contribution in [0.1, 0.15) is 18.1 Å². The molecule has 4 nitrogen and oxygen atoms in total. The fraction of sp³-hybridized carbons (Fsp3) is 0.316. The van der Waals surface area contributed by atoms with E-state index in [1.54, 1.807) is 11.9 Å². The molecular weight excluding hydrogens is 359 g/mol. The van der Waals surface area contributed by atoms with Gasteiger partial charge in [-0.15, -0.1) is 12.4 Å².